The van der Waals surface area contributed by atoms with E-state index in [4.69, 9.17) is 4.18 Å². The summed E-state index contributed by atoms with van der Waals surface area (Å²) in [4.78, 5) is 0. The van der Waals surface area contributed by atoms with Crippen LogP contribution in [-0.4, -0.2) is 6.15 Å². The molecular formula is C31H37BOS. The van der Waals surface area contributed by atoms with Gasteiger partial charge in [-0.3, -0.25) is 0 Å². The molecule has 3 heteroatoms. The van der Waals surface area contributed by atoms with E-state index in [0.29, 0.717) is 0 Å². The third-order valence-corrected chi connectivity index (χ3v) is 7.17. The highest BCUT2D eigenvalue weighted by molar-refractivity contribution is 7.53. The third kappa shape index (κ3) is 6.43. The fourth-order valence-corrected chi connectivity index (χ4v) is 4.97. The Labute approximate surface area is 211 Å². The Bertz CT molecular complexity index is 986. The van der Waals surface area contributed by atoms with Crippen molar-refractivity contribution in [3.05, 3.63) is 126 Å². The zero-order chi connectivity index (χ0) is 24.2. The number of hydrogen-bond donors (Lipinski definition) is 0. The normalized spacial score (nSPS) is 11.9. The van der Waals surface area contributed by atoms with Crippen LogP contribution in [0.1, 0.15) is 43.9 Å². The molecule has 0 saturated heterocycles. The Morgan fingerprint density at radius 1 is 0.676 bits per heavy atom. The highest BCUT2D eigenvalue weighted by Gasteiger charge is 2.28. The van der Waals surface area contributed by atoms with Crippen molar-refractivity contribution in [3.8, 4) is 0 Å². The van der Waals surface area contributed by atoms with Gasteiger partial charge in [0.15, 0.2) is 0 Å². The zero-order valence-electron chi connectivity index (χ0n) is 20.7. The maximum absolute atomic E-state index is 4.98. The molecule has 0 aliphatic carbocycles. The largest absolute Gasteiger partial charge is 0.200 e. The minimum Gasteiger partial charge on any atom is -0.200 e. The second kappa shape index (κ2) is 13.2. The Kier molecular flexibility index (Phi) is 10.1. The first-order valence-electron chi connectivity index (χ1n) is 12.3. The van der Waals surface area contributed by atoms with Gasteiger partial charge in [0.25, 0.3) is 0 Å². The second-order valence-electron chi connectivity index (χ2n) is 9.09. The van der Waals surface area contributed by atoms with Gasteiger partial charge in [-0.15, -0.1) is 0 Å². The quantitative estimate of drug-likeness (QED) is 0.229. The number of benzene rings is 4. The van der Waals surface area contributed by atoms with Crippen LogP contribution in [-0.2, 0) is 17.1 Å². The molecule has 0 N–H and O–H groups in total. The van der Waals surface area contributed by atoms with Gasteiger partial charge in [-0.05, 0) is 19.4 Å². The average molecular weight is 469 g/mol. The number of aryl methyl sites for hydroxylation is 1. The fourth-order valence-electron chi connectivity index (χ4n) is 4.84. The van der Waals surface area contributed by atoms with E-state index in [1.807, 2.05) is 6.92 Å². The Morgan fingerprint density at radius 2 is 1.09 bits per heavy atom. The molecular weight excluding hydrogens is 431 g/mol. The lowest BCUT2D eigenvalue weighted by molar-refractivity contribution is 0.276. The molecule has 1 atom stereocenters. The number of hydrogen-bond acceptors (Lipinski definition) is 1. The Balaban J connectivity index is 0.000000248. The van der Waals surface area contributed by atoms with Crippen LogP contribution in [0.3, 0.4) is 0 Å². The molecule has 0 amide bonds. The summed E-state index contributed by atoms with van der Waals surface area (Å²) in [5, 5.41) is 0. The summed E-state index contributed by atoms with van der Waals surface area (Å²) in [5.41, 5.74) is 6.79. The van der Waals surface area contributed by atoms with Crippen LogP contribution in [0.5, 0.6) is 0 Å². The fraction of sp³-hybridized carbons (Fsp3) is 0.226. The minimum atomic E-state index is -0.913. The molecule has 0 fully saturated rings. The first kappa shape index (κ1) is 25.9. The van der Waals surface area contributed by atoms with E-state index in [0.717, 1.165) is 0 Å². The molecule has 4 rings (SSSR count). The summed E-state index contributed by atoms with van der Waals surface area (Å²) in [6.45, 7) is 6.35. The monoisotopic (exact) mass is 468 g/mol. The predicted octanol–water partition coefficient (Wildman–Crippen LogP) is 5.96. The summed E-state index contributed by atoms with van der Waals surface area (Å²) in [5.74, 6) is 0. The van der Waals surface area contributed by atoms with Crippen molar-refractivity contribution in [1.29, 1.82) is 0 Å². The SMILES string of the molecule is CCCC[B-](c1ccccc1)(c1ccccc1)c1ccccc1.Cc1ccc(C(C)O[SH2+])cc1. The molecule has 0 aliphatic heterocycles. The van der Waals surface area contributed by atoms with Gasteiger partial charge in [-0.25, -0.2) is 0 Å². The minimum absolute atomic E-state index is 0.118. The highest BCUT2D eigenvalue weighted by atomic mass is 32.1. The van der Waals surface area contributed by atoms with Crippen LogP contribution in [0.15, 0.2) is 115 Å². The molecule has 1 unspecified atom stereocenters. The van der Waals surface area contributed by atoms with Crippen molar-refractivity contribution in [2.45, 2.75) is 46.0 Å². The lowest BCUT2D eigenvalue weighted by Crippen LogP contribution is -2.66. The molecule has 0 bridgehead atoms. The van der Waals surface area contributed by atoms with Crippen molar-refractivity contribution in [2.24, 2.45) is 0 Å². The molecule has 0 aromatic heterocycles. The van der Waals surface area contributed by atoms with Crippen molar-refractivity contribution in [1.82, 2.24) is 0 Å². The van der Waals surface area contributed by atoms with Crippen molar-refractivity contribution in [3.63, 3.8) is 0 Å². The van der Waals surface area contributed by atoms with E-state index in [9.17, 15) is 0 Å². The zero-order valence-corrected chi connectivity index (χ0v) is 21.7. The predicted molar refractivity (Wildman–Crippen MR) is 155 cm³/mol. The van der Waals surface area contributed by atoms with Gasteiger partial charge in [0, 0.05) is 0 Å². The molecule has 0 radical (unpaired) electrons. The topological polar surface area (TPSA) is 9.23 Å². The van der Waals surface area contributed by atoms with Crippen molar-refractivity contribution < 1.29 is 4.18 Å². The molecule has 1 nitrogen and oxygen atoms in total. The Hall–Kier alpha value is -2.75. The van der Waals surface area contributed by atoms with Gasteiger partial charge in [0.2, 0.25) is 0 Å². The summed E-state index contributed by atoms with van der Waals surface area (Å²) < 4.78 is 4.98. The van der Waals surface area contributed by atoms with Crippen LogP contribution < -0.4 is 16.4 Å². The van der Waals surface area contributed by atoms with E-state index < -0.39 is 6.15 Å². The van der Waals surface area contributed by atoms with Gasteiger partial charge in [0.1, 0.15) is 19.0 Å². The van der Waals surface area contributed by atoms with Crippen LogP contribution in [0.25, 0.3) is 0 Å². The molecule has 34 heavy (non-hydrogen) atoms. The molecule has 4 aromatic rings. The van der Waals surface area contributed by atoms with Crippen LogP contribution >= 0.6 is 0 Å². The highest BCUT2D eigenvalue weighted by Crippen LogP contribution is 2.17. The van der Waals surface area contributed by atoms with Crippen LogP contribution in [0.4, 0.5) is 0 Å². The van der Waals surface area contributed by atoms with Gasteiger partial charge >= 0.3 is 0 Å². The molecule has 0 aliphatic rings. The first-order chi connectivity index (χ1) is 16.6. The van der Waals surface area contributed by atoms with E-state index >= 15 is 0 Å². The molecule has 176 valence electrons. The van der Waals surface area contributed by atoms with Gasteiger partial charge in [-0.2, -0.15) is 26.9 Å². The summed E-state index contributed by atoms with van der Waals surface area (Å²) in [6, 6.07) is 41.5. The number of unbranched alkanes of at least 4 members (excludes halogenated alkanes) is 1. The first-order valence-corrected chi connectivity index (χ1v) is 12.7. The smallest absolute Gasteiger partial charge is 0.136 e. The molecule has 0 saturated carbocycles. The molecule has 0 spiro atoms. The summed E-state index contributed by atoms with van der Waals surface area (Å²) in [6.07, 6.45) is 2.85. The number of rotatable bonds is 8. The van der Waals surface area contributed by atoms with Crippen molar-refractivity contribution in [2.75, 3.05) is 0 Å². The second-order valence-corrected chi connectivity index (χ2v) is 9.33. The Morgan fingerprint density at radius 3 is 1.44 bits per heavy atom. The average Bonchev–Trinajstić information content (AvgIpc) is 2.91. The molecule has 0 heterocycles. The third-order valence-electron chi connectivity index (χ3n) is 6.82. The van der Waals surface area contributed by atoms with E-state index in [-0.39, 0.29) is 6.10 Å². The van der Waals surface area contributed by atoms with Crippen molar-refractivity contribution >= 4 is 35.4 Å². The van der Waals surface area contributed by atoms with Gasteiger partial charge in [-0.1, -0.05) is 141 Å². The standard InChI is InChI=1S/C22H24B.C9H12OS/c1-2-3-19-23(20-13-7-4-8-14-20,21-15-9-5-10-16-21)22-17-11-6-12-18-22;1-7-3-5-9(6-4-7)8(2)10-11/h4-18H,2-3,19H2,1H3;3-6,8,11H,1-2H3/q-1;/p+1. The van der Waals surface area contributed by atoms with Gasteiger partial charge < -0.3 is 0 Å². The maximum Gasteiger partial charge on any atom is 0.136 e. The van der Waals surface area contributed by atoms with Crippen LogP contribution in [0.2, 0.25) is 6.32 Å². The van der Waals surface area contributed by atoms with Gasteiger partial charge in [0.05, 0.1) is 6.15 Å². The lowest BCUT2D eigenvalue weighted by Gasteiger charge is -2.43. The van der Waals surface area contributed by atoms with E-state index in [2.05, 4.69) is 142 Å². The summed E-state index contributed by atoms with van der Waals surface area (Å²) in [7, 11) is 0. The lowest BCUT2D eigenvalue weighted by atomic mass is 9.14. The van der Waals surface area contributed by atoms with Crippen LogP contribution in [0, 0.1) is 6.92 Å². The van der Waals surface area contributed by atoms with E-state index in [1.165, 1.54) is 46.7 Å². The van der Waals surface area contributed by atoms with E-state index in [1.54, 1.807) is 0 Å². The molecule has 4 aromatic carbocycles. The maximum atomic E-state index is 4.98. The summed E-state index contributed by atoms with van der Waals surface area (Å²) >= 11 is 3.02.